The number of alkyl halides is 1. The molecule has 33 heavy (non-hydrogen) atoms. The molecule has 2 aromatic carbocycles. The Morgan fingerprint density at radius 1 is 1.00 bits per heavy atom. The molecule has 0 bridgehead atoms. The van der Waals surface area contributed by atoms with Crippen LogP contribution < -0.4 is 4.74 Å². The Balaban J connectivity index is 1.26. The number of β-amino-alcohol motifs (C(OH)–C–C–N with tert-alkyl or cyclic N) is 1. The Hall–Kier alpha value is -2.44. The average molecular weight is 455 g/mol. The normalized spacial score (nSPS) is 20.2. The number of carbonyl (C=O) groups is 1. The fraction of sp³-hybridized carbons (Fsp3) is 0.519. The number of rotatable bonds is 7. The van der Waals surface area contributed by atoms with Crippen molar-refractivity contribution < 1.29 is 19.0 Å². The zero-order valence-corrected chi connectivity index (χ0v) is 19.7. The first-order valence-electron chi connectivity index (χ1n) is 12.0. The van der Waals surface area contributed by atoms with Crippen LogP contribution >= 0.6 is 0 Å². The number of halogens is 1. The van der Waals surface area contributed by atoms with E-state index in [-0.39, 0.29) is 5.91 Å². The lowest BCUT2D eigenvalue weighted by molar-refractivity contribution is 0.0765. The summed E-state index contributed by atoms with van der Waals surface area (Å²) in [5, 5.41) is 9.65. The Kier molecular flexibility index (Phi) is 7.35. The second-order valence-corrected chi connectivity index (χ2v) is 10.0. The fourth-order valence-corrected chi connectivity index (χ4v) is 4.71. The fourth-order valence-electron chi connectivity index (χ4n) is 4.71. The van der Waals surface area contributed by atoms with Crippen molar-refractivity contribution in [1.82, 2.24) is 9.80 Å². The zero-order valence-electron chi connectivity index (χ0n) is 19.7. The molecule has 1 unspecified atom stereocenters. The summed E-state index contributed by atoms with van der Waals surface area (Å²) in [5.41, 5.74) is 1.62. The van der Waals surface area contributed by atoms with E-state index in [1.807, 2.05) is 48.5 Å². The van der Waals surface area contributed by atoms with Crippen molar-refractivity contribution in [3.63, 3.8) is 0 Å². The lowest BCUT2D eigenvalue weighted by Gasteiger charge is -2.34. The van der Waals surface area contributed by atoms with Crippen LogP contribution in [-0.4, -0.2) is 71.9 Å². The highest BCUT2D eigenvalue weighted by Gasteiger charge is 2.26. The van der Waals surface area contributed by atoms with E-state index in [4.69, 9.17) is 4.74 Å². The van der Waals surface area contributed by atoms with Crippen LogP contribution in [0.3, 0.4) is 0 Å². The predicted octanol–water partition coefficient (Wildman–Crippen LogP) is 4.40. The predicted molar refractivity (Wildman–Crippen MR) is 128 cm³/mol. The number of nitrogens with zero attached hydrogens (tertiary/aromatic N) is 2. The van der Waals surface area contributed by atoms with E-state index in [9.17, 15) is 14.3 Å². The molecular formula is C27H35FN2O3. The van der Waals surface area contributed by atoms with Gasteiger partial charge in [0.15, 0.2) is 0 Å². The highest BCUT2D eigenvalue weighted by atomic mass is 19.1. The van der Waals surface area contributed by atoms with Crippen LogP contribution in [0.15, 0.2) is 48.5 Å². The van der Waals surface area contributed by atoms with E-state index in [0.29, 0.717) is 44.1 Å². The molecule has 6 heteroatoms. The van der Waals surface area contributed by atoms with Crippen molar-refractivity contribution in [2.75, 3.05) is 39.3 Å². The maximum Gasteiger partial charge on any atom is 0.253 e. The third kappa shape index (κ3) is 6.55. The number of aliphatic hydroxyl groups excluding tert-OH is 1. The quantitative estimate of drug-likeness (QED) is 0.674. The second-order valence-electron chi connectivity index (χ2n) is 10.0. The van der Waals surface area contributed by atoms with E-state index in [1.54, 1.807) is 18.7 Å². The molecule has 0 aromatic heterocycles. The van der Waals surface area contributed by atoms with E-state index in [1.165, 1.54) is 0 Å². The molecule has 0 aliphatic carbocycles. The van der Waals surface area contributed by atoms with Crippen LogP contribution in [0.1, 0.15) is 43.5 Å². The summed E-state index contributed by atoms with van der Waals surface area (Å²) >= 11 is 0. The Bertz CT molecular complexity index is 916. The average Bonchev–Trinajstić information content (AvgIpc) is 3.24. The molecule has 2 heterocycles. The first-order valence-corrected chi connectivity index (χ1v) is 12.0. The molecule has 1 atom stereocenters. The first kappa shape index (κ1) is 23.7. The molecule has 2 aliphatic rings. The van der Waals surface area contributed by atoms with Gasteiger partial charge in [-0.3, -0.25) is 4.79 Å². The number of aliphatic hydroxyl groups is 1. The van der Waals surface area contributed by atoms with Gasteiger partial charge in [-0.05, 0) is 87.5 Å². The molecule has 2 aromatic rings. The Morgan fingerprint density at radius 3 is 2.15 bits per heavy atom. The van der Waals surface area contributed by atoms with Gasteiger partial charge in [0.05, 0.1) is 12.7 Å². The van der Waals surface area contributed by atoms with Gasteiger partial charge in [-0.1, -0.05) is 24.3 Å². The van der Waals surface area contributed by atoms with E-state index in [0.717, 1.165) is 42.8 Å². The summed E-state index contributed by atoms with van der Waals surface area (Å²) in [7, 11) is 0. The third-order valence-corrected chi connectivity index (χ3v) is 6.56. The molecule has 0 saturated carbocycles. The van der Waals surface area contributed by atoms with Gasteiger partial charge in [-0.25, -0.2) is 4.39 Å². The summed E-state index contributed by atoms with van der Waals surface area (Å²) in [6, 6.07) is 15.7. The van der Waals surface area contributed by atoms with E-state index < -0.39 is 11.8 Å². The van der Waals surface area contributed by atoms with Crippen LogP contribution in [-0.2, 0) is 0 Å². The minimum absolute atomic E-state index is 0.0268. The maximum absolute atomic E-state index is 13.8. The topological polar surface area (TPSA) is 53.0 Å². The van der Waals surface area contributed by atoms with Crippen LogP contribution in [0.5, 0.6) is 5.75 Å². The minimum Gasteiger partial charge on any atom is -0.493 e. The van der Waals surface area contributed by atoms with Crippen LogP contribution in [0.2, 0.25) is 0 Å². The lowest BCUT2D eigenvalue weighted by atomic mass is 9.97. The standard InChI is InChI=1S/C27H35FN2O3/c1-27(2,28)19-29-14-11-20(12-15-29)18-33-25-9-7-22(8-10-25)21-3-5-23(6-4-21)26(32)30-16-13-24(31)17-30/h3-10,20,24,31H,11-19H2,1-2H3. The van der Waals surface area contributed by atoms with E-state index >= 15 is 0 Å². The molecule has 4 rings (SSSR count). The zero-order chi connectivity index (χ0) is 23.4. The van der Waals surface area contributed by atoms with Gasteiger partial charge in [0.2, 0.25) is 0 Å². The van der Waals surface area contributed by atoms with Crippen molar-refractivity contribution in [2.24, 2.45) is 5.92 Å². The van der Waals surface area contributed by atoms with Crippen LogP contribution in [0.4, 0.5) is 4.39 Å². The Morgan fingerprint density at radius 2 is 1.61 bits per heavy atom. The first-order chi connectivity index (χ1) is 15.8. The number of piperidine rings is 1. The molecule has 0 radical (unpaired) electrons. The molecule has 2 fully saturated rings. The van der Waals surface area contributed by atoms with E-state index in [2.05, 4.69) is 4.90 Å². The van der Waals surface area contributed by atoms with Gasteiger partial charge in [0.25, 0.3) is 5.91 Å². The summed E-state index contributed by atoms with van der Waals surface area (Å²) in [5.74, 6) is 1.33. The van der Waals surface area contributed by atoms with Crippen molar-refractivity contribution >= 4 is 5.91 Å². The number of hydrogen-bond acceptors (Lipinski definition) is 4. The highest BCUT2D eigenvalue weighted by Crippen LogP contribution is 2.25. The van der Waals surface area contributed by atoms with Gasteiger partial charge < -0.3 is 19.6 Å². The Labute approximate surface area is 196 Å². The number of ether oxygens (including phenoxy) is 1. The minimum atomic E-state index is -1.14. The molecular weight excluding hydrogens is 419 g/mol. The van der Waals surface area contributed by atoms with Crippen molar-refractivity contribution in [3.05, 3.63) is 54.1 Å². The SMILES string of the molecule is CC(C)(F)CN1CCC(COc2ccc(-c3ccc(C(=O)N4CCC(O)C4)cc3)cc2)CC1. The monoisotopic (exact) mass is 454 g/mol. The van der Waals surface area contributed by atoms with Crippen LogP contribution in [0, 0.1) is 5.92 Å². The molecule has 5 nitrogen and oxygen atoms in total. The molecule has 2 saturated heterocycles. The summed E-state index contributed by atoms with van der Waals surface area (Å²) in [6.07, 6.45) is 2.32. The van der Waals surface area contributed by atoms with Crippen LogP contribution in [0.25, 0.3) is 11.1 Å². The van der Waals surface area contributed by atoms with Gasteiger partial charge in [-0.2, -0.15) is 0 Å². The molecule has 0 spiro atoms. The van der Waals surface area contributed by atoms with Gasteiger partial charge >= 0.3 is 0 Å². The van der Waals surface area contributed by atoms with Crippen molar-refractivity contribution in [2.45, 2.75) is 44.9 Å². The highest BCUT2D eigenvalue weighted by molar-refractivity contribution is 5.95. The lowest BCUT2D eigenvalue weighted by Crippen LogP contribution is -2.41. The van der Waals surface area contributed by atoms with Crippen molar-refractivity contribution in [3.8, 4) is 16.9 Å². The summed E-state index contributed by atoms with van der Waals surface area (Å²) < 4.78 is 19.9. The largest absolute Gasteiger partial charge is 0.493 e. The number of benzene rings is 2. The third-order valence-electron chi connectivity index (χ3n) is 6.56. The molecule has 1 N–H and O–H groups in total. The number of hydrogen-bond donors (Lipinski definition) is 1. The van der Waals surface area contributed by atoms with Gasteiger partial charge in [0, 0.05) is 25.2 Å². The smallest absolute Gasteiger partial charge is 0.253 e. The number of carbonyl (C=O) groups excluding carboxylic acids is 1. The molecule has 2 aliphatic heterocycles. The maximum atomic E-state index is 13.8. The molecule has 178 valence electrons. The summed E-state index contributed by atoms with van der Waals surface area (Å²) in [6.45, 7) is 7.34. The van der Waals surface area contributed by atoms with Crippen molar-refractivity contribution in [1.29, 1.82) is 0 Å². The number of likely N-dealkylation sites (tertiary alicyclic amines) is 2. The number of amides is 1. The molecule has 1 amide bonds. The van der Waals surface area contributed by atoms with Gasteiger partial charge in [-0.15, -0.1) is 0 Å². The summed E-state index contributed by atoms with van der Waals surface area (Å²) in [4.78, 5) is 16.5. The second kappa shape index (κ2) is 10.2. The van der Waals surface area contributed by atoms with Gasteiger partial charge in [0.1, 0.15) is 11.4 Å².